The first-order chi connectivity index (χ1) is 22.8. The Balaban J connectivity index is 1.53. The highest BCUT2D eigenvalue weighted by Crippen LogP contribution is 2.39. The van der Waals surface area contributed by atoms with E-state index in [2.05, 4.69) is 30.9 Å². The third-order valence-corrected chi connectivity index (χ3v) is 9.25. The van der Waals surface area contributed by atoms with Gasteiger partial charge < -0.3 is 24.2 Å². The first-order valence-corrected chi connectivity index (χ1v) is 16.9. The summed E-state index contributed by atoms with van der Waals surface area (Å²) in [6.45, 7) is 13.6. The van der Waals surface area contributed by atoms with Crippen molar-refractivity contribution in [3.8, 4) is 34.2 Å². The molecule has 1 N–H and O–H groups in total. The van der Waals surface area contributed by atoms with Crippen molar-refractivity contribution >= 4 is 17.4 Å². The third kappa shape index (κ3) is 7.03. The monoisotopic (exact) mass is 651 g/mol. The zero-order valence-electron chi connectivity index (χ0n) is 28.7. The molecule has 2 aromatic carbocycles. The number of piperidine rings is 1. The maximum Gasteiger partial charge on any atom is 0.337 e. The lowest BCUT2D eigenvalue weighted by Gasteiger charge is -2.41. The van der Waals surface area contributed by atoms with Crippen LogP contribution in [0.1, 0.15) is 89.6 Å². The lowest BCUT2D eigenvalue weighted by atomic mass is 9.92. The Morgan fingerprint density at radius 2 is 1.88 bits per heavy atom. The first kappa shape index (κ1) is 33.4. The highest BCUT2D eigenvalue weighted by atomic mass is 16.5. The molecule has 6 bridgehead atoms. The van der Waals surface area contributed by atoms with Crippen molar-refractivity contribution in [3.63, 3.8) is 0 Å². The van der Waals surface area contributed by atoms with Crippen molar-refractivity contribution in [2.75, 3.05) is 24.6 Å². The fraction of sp³-hybridized carbons (Fsp3) is 0.474. The molecule has 10 nitrogen and oxygen atoms in total. The minimum Gasteiger partial charge on any atom is -0.490 e. The summed E-state index contributed by atoms with van der Waals surface area (Å²) in [7, 11) is 0. The molecule has 2 aromatic heterocycles. The van der Waals surface area contributed by atoms with Crippen LogP contribution in [0.2, 0.25) is 0 Å². The molecular formula is C38H45N5O5. The van der Waals surface area contributed by atoms with E-state index in [1.165, 1.54) is 0 Å². The van der Waals surface area contributed by atoms with E-state index in [9.17, 15) is 15.2 Å². The second-order valence-corrected chi connectivity index (χ2v) is 14.3. The second kappa shape index (κ2) is 13.2. The molecule has 1 saturated heterocycles. The van der Waals surface area contributed by atoms with Crippen molar-refractivity contribution in [1.82, 2.24) is 14.6 Å². The van der Waals surface area contributed by atoms with Crippen LogP contribution in [0.3, 0.4) is 0 Å². The van der Waals surface area contributed by atoms with Gasteiger partial charge in [0, 0.05) is 42.6 Å². The largest absolute Gasteiger partial charge is 0.490 e. The van der Waals surface area contributed by atoms with Gasteiger partial charge in [0.05, 0.1) is 40.2 Å². The minimum absolute atomic E-state index is 0.0393. The fourth-order valence-corrected chi connectivity index (χ4v) is 6.69. The van der Waals surface area contributed by atoms with Crippen LogP contribution < -0.4 is 9.64 Å². The van der Waals surface area contributed by atoms with Gasteiger partial charge in [0.25, 0.3) is 0 Å². The molecule has 3 aliphatic rings. The number of nitrogens with zero attached hydrogens (tertiary/aromatic N) is 5. The number of hydrogen-bond acceptors (Lipinski definition) is 8. The van der Waals surface area contributed by atoms with E-state index in [-0.39, 0.29) is 11.7 Å². The molecule has 5 heterocycles. The highest BCUT2D eigenvalue weighted by Gasteiger charge is 2.38. The number of aliphatic carboxylic acids is 1. The number of nitriles is 1. The molecule has 4 aromatic rings. The molecular weight excluding hydrogens is 606 g/mol. The maximum absolute atomic E-state index is 12.8. The number of benzene rings is 2. The predicted octanol–water partition coefficient (Wildman–Crippen LogP) is 7.51. The third-order valence-electron chi connectivity index (χ3n) is 9.25. The number of carbonyl (C=O) groups is 1. The van der Waals surface area contributed by atoms with Crippen molar-refractivity contribution in [2.45, 2.75) is 97.1 Å². The highest BCUT2D eigenvalue weighted by molar-refractivity contribution is 5.80. The van der Waals surface area contributed by atoms with Crippen molar-refractivity contribution in [1.29, 1.82) is 5.26 Å². The average molecular weight is 652 g/mol. The summed E-state index contributed by atoms with van der Waals surface area (Å²) in [4.78, 5) is 19.9. The number of hydrogen-bond donors (Lipinski definition) is 1. The molecule has 0 spiro atoms. The van der Waals surface area contributed by atoms with E-state index in [1.54, 1.807) is 4.52 Å². The Kier molecular flexibility index (Phi) is 9.20. The molecule has 2 atom stereocenters. The van der Waals surface area contributed by atoms with Crippen molar-refractivity contribution in [3.05, 3.63) is 65.4 Å². The topological polar surface area (TPSA) is 122 Å². The van der Waals surface area contributed by atoms with Crippen LogP contribution in [0, 0.1) is 18.3 Å². The molecule has 0 aliphatic carbocycles. The van der Waals surface area contributed by atoms with Crippen LogP contribution in [0.4, 0.5) is 5.82 Å². The summed E-state index contributed by atoms with van der Waals surface area (Å²) in [5, 5.41) is 25.2. The van der Waals surface area contributed by atoms with Gasteiger partial charge in [0.1, 0.15) is 11.6 Å². The minimum atomic E-state index is -1.24. The van der Waals surface area contributed by atoms with E-state index in [1.807, 2.05) is 70.2 Å². The zero-order chi connectivity index (χ0) is 34.2. The molecule has 252 valence electrons. The summed E-state index contributed by atoms with van der Waals surface area (Å²) in [5.41, 5.74) is 4.66. The standard InChI is InChI=1S/C38H45N5O5/c1-24-10-7-8-19-46-38(6)15-17-42(18-16-38)35-33(34(36(44)45)48-37(3,4)5)25(2)40-32-22-30(41-43(32)35)28-12-9-11-27(21-28)29-14-13-26(23-39)20-31(29)47-24/h9,11-14,20-22,24,34H,7-8,10,15-19H2,1-6H3,(H,44,45)/t24-,34-/m0/s1. The molecule has 1 fully saturated rings. The van der Waals surface area contributed by atoms with Crippen LogP contribution in [0.5, 0.6) is 5.75 Å². The van der Waals surface area contributed by atoms with Gasteiger partial charge in [0.15, 0.2) is 11.8 Å². The number of rotatable bonds is 3. The van der Waals surface area contributed by atoms with E-state index in [4.69, 9.17) is 24.3 Å². The summed E-state index contributed by atoms with van der Waals surface area (Å²) in [5.74, 6) is 0.279. The molecule has 0 saturated carbocycles. The van der Waals surface area contributed by atoms with Gasteiger partial charge in [-0.05, 0) is 103 Å². The van der Waals surface area contributed by atoms with Crippen LogP contribution >= 0.6 is 0 Å². The normalized spacial score (nSPS) is 20.9. The second-order valence-electron chi connectivity index (χ2n) is 14.3. The van der Waals surface area contributed by atoms with Gasteiger partial charge >= 0.3 is 5.97 Å². The summed E-state index contributed by atoms with van der Waals surface area (Å²) >= 11 is 0. The fourth-order valence-electron chi connectivity index (χ4n) is 6.69. The number of fused-ring (bicyclic) bond motifs is 8. The Hall–Kier alpha value is -4.46. The zero-order valence-corrected chi connectivity index (χ0v) is 28.7. The summed E-state index contributed by atoms with van der Waals surface area (Å²) in [6, 6.07) is 17.8. The molecule has 0 radical (unpaired) electrons. The van der Waals surface area contributed by atoms with E-state index < -0.39 is 17.7 Å². The van der Waals surface area contributed by atoms with Crippen molar-refractivity contribution in [2.24, 2.45) is 0 Å². The Bertz CT molecular complexity index is 1860. The lowest BCUT2D eigenvalue weighted by Crippen LogP contribution is -2.46. The SMILES string of the molecule is Cc1nc2cc3nn2c(c1[C@H](OC(C)(C)C)C(=O)O)N1CCC(C)(CC1)OCCCC[C@H](C)Oc1cc(C#N)ccc1-c1cccc-3c1. The van der Waals surface area contributed by atoms with E-state index in [0.29, 0.717) is 59.4 Å². The summed E-state index contributed by atoms with van der Waals surface area (Å²) in [6.07, 6.45) is 3.01. The van der Waals surface area contributed by atoms with E-state index >= 15 is 0 Å². The quantitative estimate of drug-likeness (QED) is 0.240. The van der Waals surface area contributed by atoms with Crippen LogP contribution in [0.15, 0.2) is 48.5 Å². The number of aromatic nitrogens is 3. The van der Waals surface area contributed by atoms with Crippen LogP contribution in [-0.4, -0.2) is 62.7 Å². The van der Waals surface area contributed by atoms with Crippen LogP contribution in [-0.2, 0) is 14.3 Å². The Morgan fingerprint density at radius 1 is 1.12 bits per heavy atom. The molecule has 0 unspecified atom stereocenters. The molecule has 7 rings (SSSR count). The van der Waals surface area contributed by atoms with Gasteiger partial charge in [-0.25, -0.2) is 9.78 Å². The number of carboxylic acid groups (broad SMARTS) is 1. The Morgan fingerprint density at radius 3 is 2.58 bits per heavy atom. The van der Waals surface area contributed by atoms with Gasteiger partial charge in [-0.1, -0.05) is 18.2 Å². The number of carboxylic acids is 1. The van der Waals surface area contributed by atoms with Crippen molar-refractivity contribution < 1.29 is 24.1 Å². The number of ether oxygens (including phenoxy) is 3. The van der Waals surface area contributed by atoms with Gasteiger partial charge in [0.2, 0.25) is 0 Å². The van der Waals surface area contributed by atoms with Gasteiger partial charge in [-0.3, -0.25) is 0 Å². The van der Waals surface area contributed by atoms with Gasteiger partial charge in [-0.2, -0.15) is 14.9 Å². The molecule has 48 heavy (non-hydrogen) atoms. The Labute approximate surface area is 282 Å². The van der Waals surface area contributed by atoms with E-state index in [0.717, 1.165) is 48.8 Å². The summed E-state index contributed by atoms with van der Waals surface area (Å²) < 4.78 is 21.0. The maximum atomic E-state index is 12.8. The number of aryl methyl sites for hydroxylation is 1. The van der Waals surface area contributed by atoms with Crippen LogP contribution in [0.25, 0.3) is 28.0 Å². The molecule has 0 amide bonds. The molecule has 10 heteroatoms. The molecule has 3 aliphatic heterocycles. The predicted molar refractivity (Wildman–Crippen MR) is 184 cm³/mol. The number of anilines is 1. The smallest absolute Gasteiger partial charge is 0.337 e. The van der Waals surface area contributed by atoms with Gasteiger partial charge in [-0.15, -0.1) is 0 Å². The average Bonchev–Trinajstić information content (AvgIpc) is 3.46. The first-order valence-electron chi connectivity index (χ1n) is 16.9. The lowest BCUT2D eigenvalue weighted by molar-refractivity contribution is -0.160.